The van der Waals surface area contributed by atoms with Crippen molar-refractivity contribution < 1.29 is 4.79 Å². The van der Waals surface area contributed by atoms with E-state index in [0.29, 0.717) is 31.8 Å². The first-order chi connectivity index (χ1) is 12.6. The lowest BCUT2D eigenvalue weighted by Crippen LogP contribution is -2.49. The summed E-state index contributed by atoms with van der Waals surface area (Å²) in [5, 5.41) is 8.59. The fourth-order valence-electron chi connectivity index (χ4n) is 3.28. The monoisotopic (exact) mass is 354 g/mol. The van der Waals surface area contributed by atoms with Crippen molar-refractivity contribution in [3.63, 3.8) is 0 Å². The molecule has 9 heteroatoms. The topological polar surface area (TPSA) is 84.5 Å². The Labute approximate surface area is 151 Å². The Hall–Kier alpha value is -2.97. The molecule has 0 spiro atoms. The number of aromatic nitrogens is 6. The second-order valence-electron chi connectivity index (χ2n) is 6.57. The van der Waals surface area contributed by atoms with Crippen LogP contribution in [0.5, 0.6) is 0 Å². The van der Waals surface area contributed by atoms with Gasteiger partial charge in [0.1, 0.15) is 12.1 Å². The largest absolute Gasteiger partial charge is 0.353 e. The van der Waals surface area contributed by atoms with E-state index < -0.39 is 0 Å². The van der Waals surface area contributed by atoms with Crippen molar-refractivity contribution in [2.45, 2.75) is 26.8 Å². The zero-order chi connectivity index (χ0) is 18.1. The van der Waals surface area contributed by atoms with Gasteiger partial charge in [0.25, 0.3) is 5.78 Å². The third kappa shape index (κ3) is 3.24. The molecule has 3 aromatic rings. The van der Waals surface area contributed by atoms with Crippen LogP contribution < -0.4 is 4.90 Å². The summed E-state index contributed by atoms with van der Waals surface area (Å²) in [6.07, 6.45) is 3.90. The van der Waals surface area contributed by atoms with Gasteiger partial charge in [0.15, 0.2) is 0 Å². The molecule has 0 radical (unpaired) electrons. The fourth-order valence-corrected chi connectivity index (χ4v) is 3.28. The zero-order valence-corrected chi connectivity index (χ0v) is 15.0. The first-order valence-electron chi connectivity index (χ1n) is 8.80. The Morgan fingerprint density at radius 2 is 1.96 bits per heavy atom. The van der Waals surface area contributed by atoms with Gasteiger partial charge in [-0.3, -0.25) is 9.48 Å². The van der Waals surface area contributed by atoms with Gasteiger partial charge in [0.2, 0.25) is 5.91 Å². The first-order valence-corrected chi connectivity index (χ1v) is 8.80. The van der Waals surface area contributed by atoms with Crippen LogP contribution in [0.25, 0.3) is 5.78 Å². The Kier molecular flexibility index (Phi) is 4.27. The van der Waals surface area contributed by atoms with Crippen LogP contribution in [-0.2, 0) is 11.3 Å². The summed E-state index contributed by atoms with van der Waals surface area (Å²) in [5.74, 6) is 1.76. The number of nitrogens with zero attached hydrogens (tertiary/aromatic N) is 8. The second kappa shape index (κ2) is 6.74. The Morgan fingerprint density at radius 3 is 2.69 bits per heavy atom. The summed E-state index contributed by atoms with van der Waals surface area (Å²) in [6, 6.07) is 3.96. The lowest BCUT2D eigenvalue weighted by Gasteiger charge is -2.36. The van der Waals surface area contributed by atoms with Crippen LogP contribution >= 0.6 is 0 Å². The van der Waals surface area contributed by atoms with Gasteiger partial charge in [0.05, 0.1) is 5.69 Å². The van der Waals surface area contributed by atoms with Crippen molar-refractivity contribution in [2.75, 3.05) is 31.1 Å². The second-order valence-corrected chi connectivity index (χ2v) is 6.57. The highest BCUT2D eigenvalue weighted by atomic mass is 16.2. The molecule has 26 heavy (non-hydrogen) atoms. The van der Waals surface area contributed by atoms with E-state index in [4.69, 9.17) is 0 Å². The fraction of sp³-hybridized carbons (Fsp3) is 0.471. The molecule has 9 nitrogen and oxygen atoms in total. The molecule has 0 saturated carbocycles. The number of carbonyl (C=O) groups excluding carboxylic acids is 1. The van der Waals surface area contributed by atoms with Crippen LogP contribution in [0.3, 0.4) is 0 Å². The summed E-state index contributed by atoms with van der Waals surface area (Å²) in [5.41, 5.74) is 1.88. The van der Waals surface area contributed by atoms with E-state index in [1.54, 1.807) is 4.52 Å². The number of anilines is 1. The highest BCUT2D eigenvalue weighted by molar-refractivity contribution is 5.76. The van der Waals surface area contributed by atoms with Gasteiger partial charge in [-0.05, 0) is 19.9 Å². The summed E-state index contributed by atoms with van der Waals surface area (Å²) < 4.78 is 3.58. The Bertz CT molecular complexity index is 922. The van der Waals surface area contributed by atoms with E-state index in [2.05, 4.69) is 25.1 Å². The smallest absolute Gasteiger partial charge is 0.254 e. The normalized spacial score (nSPS) is 15.0. The van der Waals surface area contributed by atoms with Crippen LogP contribution in [-0.4, -0.2) is 66.3 Å². The average Bonchev–Trinajstić information content (AvgIpc) is 3.27. The van der Waals surface area contributed by atoms with E-state index in [1.807, 2.05) is 41.8 Å². The minimum atomic E-state index is 0.176. The molecule has 0 atom stereocenters. The third-order valence-electron chi connectivity index (χ3n) is 4.65. The molecule has 4 rings (SSSR count). The van der Waals surface area contributed by atoms with Gasteiger partial charge < -0.3 is 9.80 Å². The molecule has 0 bridgehead atoms. The molecule has 1 aliphatic heterocycles. The molecule has 1 aliphatic rings. The van der Waals surface area contributed by atoms with Crippen molar-refractivity contribution >= 4 is 17.5 Å². The number of piperazine rings is 1. The third-order valence-corrected chi connectivity index (χ3v) is 4.65. The summed E-state index contributed by atoms with van der Waals surface area (Å²) in [7, 11) is 0. The summed E-state index contributed by atoms with van der Waals surface area (Å²) in [4.78, 5) is 25.2. The van der Waals surface area contributed by atoms with Gasteiger partial charge in [-0.25, -0.2) is 4.98 Å². The maximum absolute atomic E-state index is 12.5. The van der Waals surface area contributed by atoms with Crippen LogP contribution in [0.4, 0.5) is 5.82 Å². The first kappa shape index (κ1) is 16.5. The quantitative estimate of drug-likeness (QED) is 0.685. The zero-order valence-electron chi connectivity index (χ0n) is 15.0. The van der Waals surface area contributed by atoms with Crippen molar-refractivity contribution in [2.24, 2.45) is 0 Å². The van der Waals surface area contributed by atoms with E-state index in [9.17, 15) is 4.79 Å². The lowest BCUT2D eigenvalue weighted by atomic mass is 10.2. The highest BCUT2D eigenvalue weighted by Gasteiger charge is 2.23. The van der Waals surface area contributed by atoms with E-state index in [0.717, 1.165) is 30.3 Å². The van der Waals surface area contributed by atoms with Gasteiger partial charge >= 0.3 is 0 Å². The average molecular weight is 354 g/mol. The van der Waals surface area contributed by atoms with Gasteiger partial charge in [-0.15, -0.1) is 0 Å². The molecule has 0 unspecified atom stereocenters. The number of aryl methyl sites for hydroxylation is 3. The predicted molar refractivity (Wildman–Crippen MR) is 95.9 cm³/mol. The molecule has 0 N–H and O–H groups in total. The number of rotatable bonds is 4. The molecular formula is C17H22N8O. The highest BCUT2D eigenvalue weighted by Crippen LogP contribution is 2.18. The van der Waals surface area contributed by atoms with E-state index in [1.165, 1.54) is 6.33 Å². The standard InChI is InChI=1S/C17H22N8O/c1-13-3-5-24(21-13)6-4-16(26)23-9-7-22(8-10-23)15-11-14(2)20-17-18-12-19-25(15)17/h3,5,11-12H,4,6-10H2,1-2H3. The molecular weight excluding hydrogens is 332 g/mol. The van der Waals surface area contributed by atoms with E-state index >= 15 is 0 Å². The van der Waals surface area contributed by atoms with E-state index in [-0.39, 0.29) is 5.91 Å². The van der Waals surface area contributed by atoms with Crippen LogP contribution in [0.2, 0.25) is 0 Å². The van der Waals surface area contributed by atoms with Crippen LogP contribution in [0, 0.1) is 13.8 Å². The van der Waals surface area contributed by atoms with Gasteiger partial charge in [-0.1, -0.05) is 0 Å². The van der Waals surface area contributed by atoms with Crippen molar-refractivity contribution in [3.8, 4) is 0 Å². The minimum Gasteiger partial charge on any atom is -0.353 e. The SMILES string of the molecule is Cc1cc(N2CCN(C(=O)CCn3ccc(C)n3)CC2)n2ncnc2n1. The van der Waals surface area contributed by atoms with Crippen LogP contribution in [0.1, 0.15) is 17.8 Å². The number of fused-ring (bicyclic) bond motifs is 1. The molecule has 3 aromatic heterocycles. The van der Waals surface area contributed by atoms with Crippen molar-refractivity contribution in [3.05, 3.63) is 36.0 Å². The van der Waals surface area contributed by atoms with Crippen molar-refractivity contribution in [1.82, 2.24) is 34.3 Å². The predicted octanol–water partition coefficient (Wildman–Crippen LogP) is 0.677. The van der Waals surface area contributed by atoms with Crippen LogP contribution in [0.15, 0.2) is 24.7 Å². The molecule has 1 saturated heterocycles. The number of amides is 1. The maximum Gasteiger partial charge on any atom is 0.254 e. The molecule has 136 valence electrons. The summed E-state index contributed by atoms with van der Waals surface area (Å²) >= 11 is 0. The molecule has 1 amide bonds. The Morgan fingerprint density at radius 1 is 1.15 bits per heavy atom. The number of hydrogen-bond acceptors (Lipinski definition) is 6. The maximum atomic E-state index is 12.5. The Balaban J connectivity index is 1.37. The number of carbonyl (C=O) groups is 1. The molecule has 0 aromatic carbocycles. The van der Waals surface area contributed by atoms with Gasteiger partial charge in [0, 0.05) is 57.1 Å². The number of hydrogen-bond donors (Lipinski definition) is 0. The molecule has 0 aliphatic carbocycles. The summed E-state index contributed by atoms with van der Waals surface area (Å²) in [6.45, 7) is 7.47. The lowest BCUT2D eigenvalue weighted by molar-refractivity contribution is -0.131. The molecule has 4 heterocycles. The molecule has 1 fully saturated rings. The van der Waals surface area contributed by atoms with Gasteiger partial charge in [-0.2, -0.15) is 19.7 Å². The van der Waals surface area contributed by atoms with Crippen molar-refractivity contribution in [1.29, 1.82) is 0 Å². The minimum absolute atomic E-state index is 0.176.